The van der Waals surface area contributed by atoms with Crippen LogP contribution in [0.15, 0.2) is 0 Å². The summed E-state index contributed by atoms with van der Waals surface area (Å²) in [6, 6.07) is -0.144. The minimum absolute atomic E-state index is 0.109. The van der Waals surface area contributed by atoms with Crippen molar-refractivity contribution in [2.45, 2.75) is 51.0 Å². The molecular weight excluding hydrogens is 222 g/mol. The van der Waals surface area contributed by atoms with Crippen LogP contribution in [0.5, 0.6) is 0 Å². The maximum Gasteiger partial charge on any atom is 0.108 e. The summed E-state index contributed by atoms with van der Waals surface area (Å²) in [5.74, 6) is 0.152. The van der Waals surface area contributed by atoms with E-state index in [2.05, 4.69) is 0 Å². The monoisotopic (exact) mass is 247 g/mol. The number of piperidine rings is 1. The molecule has 0 saturated carbocycles. The molecule has 0 aromatic rings. The average Bonchev–Trinajstić information content (AvgIpc) is 2.33. The highest BCUT2D eigenvalue weighted by Crippen LogP contribution is 2.22. The Balaban J connectivity index is 2.68. The van der Waals surface area contributed by atoms with Gasteiger partial charge in [-0.2, -0.15) is 0 Å². The molecule has 5 nitrogen and oxygen atoms in total. The predicted octanol–water partition coefficient (Wildman–Crippen LogP) is -0.818. The van der Waals surface area contributed by atoms with Gasteiger partial charge in [0.25, 0.3) is 0 Å². The first-order valence-corrected chi connectivity index (χ1v) is 6.44. The first-order chi connectivity index (χ1) is 8.04. The summed E-state index contributed by atoms with van der Waals surface area (Å²) in [6.45, 7) is 5.07. The number of aliphatic hydroxyl groups is 4. The van der Waals surface area contributed by atoms with Crippen LogP contribution in [-0.4, -0.2) is 69.4 Å². The van der Waals surface area contributed by atoms with Gasteiger partial charge in [0.2, 0.25) is 0 Å². The third kappa shape index (κ3) is 3.39. The fourth-order valence-corrected chi connectivity index (χ4v) is 2.51. The molecule has 4 N–H and O–H groups in total. The molecule has 0 aliphatic carbocycles. The first kappa shape index (κ1) is 14.9. The van der Waals surface area contributed by atoms with Crippen LogP contribution in [0.4, 0.5) is 0 Å². The Hall–Kier alpha value is -0.200. The fourth-order valence-electron chi connectivity index (χ4n) is 2.51. The van der Waals surface area contributed by atoms with Crippen LogP contribution in [0.2, 0.25) is 0 Å². The number of hydrogen-bond donors (Lipinski definition) is 4. The Bertz CT molecular complexity index is 223. The van der Waals surface area contributed by atoms with Crippen LogP contribution in [0.3, 0.4) is 0 Å². The topological polar surface area (TPSA) is 84.2 Å². The van der Waals surface area contributed by atoms with E-state index in [0.717, 1.165) is 6.42 Å². The molecule has 0 aromatic heterocycles. The van der Waals surface area contributed by atoms with Gasteiger partial charge in [-0.05, 0) is 18.8 Å². The van der Waals surface area contributed by atoms with Gasteiger partial charge in [0.1, 0.15) is 6.10 Å². The second-order valence-electron chi connectivity index (χ2n) is 4.93. The smallest absolute Gasteiger partial charge is 0.108 e. The summed E-state index contributed by atoms with van der Waals surface area (Å²) in [7, 11) is 0. The van der Waals surface area contributed by atoms with Crippen molar-refractivity contribution in [2.24, 2.45) is 5.92 Å². The lowest BCUT2D eigenvalue weighted by Crippen LogP contribution is -2.61. The van der Waals surface area contributed by atoms with Crippen molar-refractivity contribution in [1.82, 2.24) is 4.90 Å². The maximum atomic E-state index is 9.92. The molecule has 0 radical (unpaired) electrons. The van der Waals surface area contributed by atoms with Crippen molar-refractivity contribution < 1.29 is 20.4 Å². The molecule has 0 bridgehead atoms. The molecule has 1 fully saturated rings. The van der Waals surface area contributed by atoms with E-state index in [1.165, 1.54) is 0 Å². The molecule has 0 spiro atoms. The van der Waals surface area contributed by atoms with E-state index in [0.29, 0.717) is 19.5 Å². The number of aliphatic hydroxyl groups excluding tert-OH is 4. The van der Waals surface area contributed by atoms with E-state index >= 15 is 0 Å². The quantitative estimate of drug-likeness (QED) is 0.510. The van der Waals surface area contributed by atoms with Gasteiger partial charge < -0.3 is 20.4 Å². The molecule has 1 unspecified atom stereocenters. The van der Waals surface area contributed by atoms with Gasteiger partial charge in [-0.3, -0.25) is 4.90 Å². The maximum absolute atomic E-state index is 9.92. The Labute approximate surface area is 103 Å². The third-order valence-corrected chi connectivity index (χ3v) is 3.78. The molecule has 5 heteroatoms. The van der Waals surface area contributed by atoms with Crippen LogP contribution >= 0.6 is 0 Å². The second-order valence-corrected chi connectivity index (χ2v) is 4.93. The van der Waals surface area contributed by atoms with Crippen LogP contribution in [-0.2, 0) is 0 Å². The molecule has 1 aliphatic rings. The van der Waals surface area contributed by atoms with Gasteiger partial charge in [0.05, 0.1) is 12.2 Å². The van der Waals surface area contributed by atoms with E-state index in [1.807, 2.05) is 18.7 Å². The highest BCUT2D eigenvalue weighted by atomic mass is 16.4. The zero-order valence-corrected chi connectivity index (χ0v) is 10.7. The molecule has 1 heterocycles. The summed E-state index contributed by atoms with van der Waals surface area (Å²) < 4.78 is 0. The third-order valence-electron chi connectivity index (χ3n) is 3.78. The molecule has 0 aromatic carbocycles. The van der Waals surface area contributed by atoms with Gasteiger partial charge in [0.15, 0.2) is 0 Å². The average molecular weight is 247 g/mol. The van der Waals surface area contributed by atoms with E-state index < -0.39 is 18.3 Å². The molecule has 0 amide bonds. The highest BCUT2D eigenvalue weighted by Gasteiger charge is 2.40. The van der Waals surface area contributed by atoms with Crippen molar-refractivity contribution in [1.29, 1.82) is 0 Å². The van der Waals surface area contributed by atoms with Crippen molar-refractivity contribution in [3.05, 3.63) is 0 Å². The molecule has 1 aliphatic heterocycles. The van der Waals surface area contributed by atoms with Crippen LogP contribution < -0.4 is 0 Å². The van der Waals surface area contributed by atoms with E-state index in [-0.39, 0.29) is 18.6 Å². The van der Waals surface area contributed by atoms with Gasteiger partial charge in [-0.1, -0.05) is 13.8 Å². The number of hydrogen-bond acceptors (Lipinski definition) is 5. The zero-order chi connectivity index (χ0) is 13.0. The normalized spacial score (nSPS) is 37.1. The highest BCUT2D eigenvalue weighted by molar-refractivity contribution is 4.94. The Kier molecular flexibility index (Phi) is 5.82. The summed E-state index contributed by atoms with van der Waals surface area (Å²) in [5.41, 5.74) is 0. The molecule has 1 saturated heterocycles. The fraction of sp³-hybridized carbons (Fsp3) is 1.00. The Morgan fingerprint density at radius 2 is 1.82 bits per heavy atom. The van der Waals surface area contributed by atoms with Gasteiger partial charge in [0, 0.05) is 25.7 Å². The molecule has 102 valence electrons. The minimum atomic E-state index is -1.06. The standard InChI is InChI=1S/C12H25NO4/c1-3-8(7-14)5-13-6-10(15)12(17)11(16)9(13)4-2/h8-12,14-17H,3-7H2,1-2H3/t8?,9-,10-,11+,12+/m0/s1. The first-order valence-electron chi connectivity index (χ1n) is 6.44. The summed E-state index contributed by atoms with van der Waals surface area (Å²) in [6.07, 6.45) is -1.32. The molecule has 17 heavy (non-hydrogen) atoms. The van der Waals surface area contributed by atoms with E-state index in [9.17, 15) is 20.4 Å². The van der Waals surface area contributed by atoms with Crippen molar-refractivity contribution in [3.63, 3.8) is 0 Å². The van der Waals surface area contributed by atoms with Crippen molar-refractivity contribution in [2.75, 3.05) is 19.7 Å². The number of nitrogens with zero attached hydrogens (tertiary/aromatic N) is 1. The lowest BCUT2D eigenvalue weighted by atomic mass is 9.91. The van der Waals surface area contributed by atoms with E-state index in [1.54, 1.807) is 0 Å². The summed E-state index contributed by atoms with van der Waals surface area (Å²) in [5, 5.41) is 38.4. The summed E-state index contributed by atoms with van der Waals surface area (Å²) >= 11 is 0. The zero-order valence-electron chi connectivity index (χ0n) is 10.7. The SMILES string of the molecule is CCC(CO)CN1C[C@H](O)[C@@H](O)[C@H](O)[C@@H]1CC. The van der Waals surface area contributed by atoms with Crippen LogP contribution in [0, 0.1) is 5.92 Å². The minimum Gasteiger partial charge on any atom is -0.396 e. The lowest BCUT2D eigenvalue weighted by molar-refractivity contribution is -0.140. The van der Waals surface area contributed by atoms with Gasteiger partial charge in [-0.15, -0.1) is 0 Å². The molecule has 1 rings (SSSR count). The number of likely N-dealkylation sites (tertiary alicyclic amines) is 1. The van der Waals surface area contributed by atoms with Crippen LogP contribution in [0.25, 0.3) is 0 Å². The molecular formula is C12H25NO4. The van der Waals surface area contributed by atoms with Crippen LogP contribution in [0.1, 0.15) is 26.7 Å². The van der Waals surface area contributed by atoms with E-state index in [4.69, 9.17) is 0 Å². The van der Waals surface area contributed by atoms with Gasteiger partial charge in [-0.25, -0.2) is 0 Å². The lowest BCUT2D eigenvalue weighted by Gasteiger charge is -2.44. The Morgan fingerprint density at radius 1 is 1.18 bits per heavy atom. The second kappa shape index (κ2) is 6.66. The number of β-amino-alcohol motifs (C(OH)–C–C–N with tert-alkyl or cyclic N) is 1. The molecule has 5 atom stereocenters. The van der Waals surface area contributed by atoms with Crippen molar-refractivity contribution >= 4 is 0 Å². The van der Waals surface area contributed by atoms with Gasteiger partial charge >= 0.3 is 0 Å². The Morgan fingerprint density at radius 3 is 2.29 bits per heavy atom. The largest absolute Gasteiger partial charge is 0.396 e. The predicted molar refractivity (Wildman–Crippen MR) is 64.5 cm³/mol. The summed E-state index contributed by atoms with van der Waals surface area (Å²) in [4.78, 5) is 1.98. The number of rotatable bonds is 5. The van der Waals surface area contributed by atoms with Crippen molar-refractivity contribution in [3.8, 4) is 0 Å².